The van der Waals surface area contributed by atoms with E-state index in [2.05, 4.69) is 17.3 Å². The molecule has 17 heavy (non-hydrogen) atoms. The summed E-state index contributed by atoms with van der Waals surface area (Å²) in [6.07, 6.45) is 2.30. The van der Waals surface area contributed by atoms with Gasteiger partial charge in [-0.3, -0.25) is 0 Å². The Morgan fingerprint density at radius 1 is 1.29 bits per heavy atom. The van der Waals surface area contributed by atoms with E-state index >= 15 is 0 Å². The largest absolute Gasteiger partial charge is 0.309 e. The zero-order valence-corrected chi connectivity index (χ0v) is 10.0. The third-order valence-electron chi connectivity index (χ3n) is 3.14. The summed E-state index contributed by atoms with van der Waals surface area (Å²) in [5.74, 6) is -1.02. The molecule has 0 saturated carbocycles. The molecule has 1 aromatic rings. The molecule has 1 aliphatic heterocycles. The van der Waals surface area contributed by atoms with Crippen molar-refractivity contribution in [2.45, 2.75) is 25.4 Å². The first-order valence-electron chi connectivity index (χ1n) is 6.00. The Balaban J connectivity index is 1.88. The number of likely N-dealkylation sites (tertiary alicyclic amines) is 1. The van der Waals surface area contributed by atoms with Crippen LogP contribution in [0, 0.1) is 11.6 Å². The van der Waals surface area contributed by atoms with Gasteiger partial charge in [0.2, 0.25) is 0 Å². The number of nitrogens with one attached hydrogen (secondary N) is 1. The van der Waals surface area contributed by atoms with Crippen molar-refractivity contribution >= 4 is 0 Å². The molecule has 1 heterocycles. The maximum Gasteiger partial charge on any atom is 0.126 e. The molecule has 1 atom stereocenters. The van der Waals surface area contributed by atoms with Crippen molar-refractivity contribution in [3.63, 3.8) is 0 Å². The van der Waals surface area contributed by atoms with Crippen molar-refractivity contribution in [2.24, 2.45) is 0 Å². The van der Waals surface area contributed by atoms with Gasteiger partial charge < -0.3 is 10.2 Å². The Kier molecular flexibility index (Phi) is 4.07. The normalized spacial score (nSPS) is 21.7. The van der Waals surface area contributed by atoms with Gasteiger partial charge in [-0.05, 0) is 44.1 Å². The molecule has 4 heteroatoms. The molecule has 94 valence electrons. The van der Waals surface area contributed by atoms with Crippen molar-refractivity contribution in [1.29, 1.82) is 0 Å². The van der Waals surface area contributed by atoms with E-state index in [1.807, 2.05) is 0 Å². The molecule has 1 aromatic carbocycles. The van der Waals surface area contributed by atoms with E-state index < -0.39 is 11.6 Å². The highest BCUT2D eigenvalue weighted by Gasteiger charge is 2.16. The second-order valence-electron chi connectivity index (χ2n) is 4.76. The quantitative estimate of drug-likeness (QED) is 0.871. The van der Waals surface area contributed by atoms with Crippen LogP contribution in [0.15, 0.2) is 18.2 Å². The lowest BCUT2D eigenvalue weighted by molar-refractivity contribution is 0.226. The molecule has 1 N–H and O–H groups in total. The second-order valence-corrected chi connectivity index (χ2v) is 4.76. The number of hydrogen-bond donors (Lipinski definition) is 1. The van der Waals surface area contributed by atoms with Crippen LogP contribution < -0.4 is 5.32 Å². The summed E-state index contributed by atoms with van der Waals surface area (Å²) < 4.78 is 26.0. The molecule has 0 bridgehead atoms. The highest BCUT2D eigenvalue weighted by Crippen LogP contribution is 2.11. The third-order valence-corrected chi connectivity index (χ3v) is 3.14. The number of hydrogen-bond acceptors (Lipinski definition) is 2. The number of benzene rings is 1. The Labute approximate surface area is 101 Å². The molecule has 2 rings (SSSR count). The van der Waals surface area contributed by atoms with E-state index in [0.717, 1.165) is 25.6 Å². The lowest BCUT2D eigenvalue weighted by atomic mass is 10.1. The van der Waals surface area contributed by atoms with Crippen LogP contribution in [0.1, 0.15) is 18.4 Å². The number of likely N-dealkylation sites (N-methyl/N-ethyl adjacent to an activating group) is 1. The molecule has 0 aliphatic carbocycles. The van der Waals surface area contributed by atoms with Crippen LogP contribution >= 0.6 is 0 Å². The first kappa shape index (κ1) is 12.5. The van der Waals surface area contributed by atoms with Crippen molar-refractivity contribution in [2.75, 3.05) is 20.1 Å². The van der Waals surface area contributed by atoms with Gasteiger partial charge in [0.15, 0.2) is 0 Å². The molecule has 0 amide bonds. The van der Waals surface area contributed by atoms with E-state index in [1.165, 1.54) is 18.6 Å². The maximum absolute atomic E-state index is 13.0. The third kappa shape index (κ3) is 3.75. The summed E-state index contributed by atoms with van der Waals surface area (Å²) in [7, 11) is 2.09. The predicted octanol–water partition coefficient (Wildman–Crippen LogP) is 2.15. The summed E-state index contributed by atoms with van der Waals surface area (Å²) in [6.45, 7) is 2.65. The molecule has 0 radical (unpaired) electrons. The lowest BCUT2D eigenvalue weighted by Crippen LogP contribution is -2.43. The van der Waals surface area contributed by atoms with Crippen LogP contribution in [0.2, 0.25) is 0 Å². The predicted molar refractivity (Wildman–Crippen MR) is 63.7 cm³/mol. The van der Waals surface area contributed by atoms with Crippen LogP contribution in [0.4, 0.5) is 8.78 Å². The molecular weight excluding hydrogens is 222 g/mol. The zero-order valence-electron chi connectivity index (χ0n) is 10.0. The van der Waals surface area contributed by atoms with E-state index in [4.69, 9.17) is 0 Å². The minimum atomic E-state index is -0.512. The molecule has 0 unspecified atom stereocenters. The minimum Gasteiger partial charge on any atom is -0.309 e. The number of rotatable bonds is 3. The monoisotopic (exact) mass is 240 g/mol. The van der Waals surface area contributed by atoms with E-state index in [1.54, 1.807) is 0 Å². The summed E-state index contributed by atoms with van der Waals surface area (Å²) in [6, 6.07) is 4.07. The standard InChI is InChI=1S/C13H18F2N2/c1-17-4-2-3-13(9-17)16-8-10-5-11(14)7-12(15)6-10/h5-7,13,16H,2-4,8-9H2,1H3/t13-/m1/s1. The topological polar surface area (TPSA) is 15.3 Å². The van der Waals surface area contributed by atoms with Crippen molar-refractivity contribution in [1.82, 2.24) is 10.2 Å². The van der Waals surface area contributed by atoms with E-state index in [0.29, 0.717) is 18.2 Å². The van der Waals surface area contributed by atoms with Crippen LogP contribution in [-0.4, -0.2) is 31.1 Å². The second kappa shape index (κ2) is 5.56. The smallest absolute Gasteiger partial charge is 0.126 e. The van der Waals surface area contributed by atoms with Crippen LogP contribution in [0.25, 0.3) is 0 Å². The minimum absolute atomic E-state index is 0.417. The Hall–Kier alpha value is -1.00. The average molecular weight is 240 g/mol. The van der Waals surface area contributed by atoms with E-state index in [9.17, 15) is 8.78 Å². The fourth-order valence-corrected chi connectivity index (χ4v) is 2.31. The SMILES string of the molecule is CN1CCC[C@@H](NCc2cc(F)cc(F)c2)C1. The lowest BCUT2D eigenvalue weighted by Gasteiger charge is -2.30. The molecule has 1 saturated heterocycles. The van der Waals surface area contributed by atoms with Gasteiger partial charge >= 0.3 is 0 Å². The molecule has 1 fully saturated rings. The van der Waals surface area contributed by atoms with Gasteiger partial charge in [-0.1, -0.05) is 0 Å². The van der Waals surface area contributed by atoms with Gasteiger partial charge in [0.25, 0.3) is 0 Å². The van der Waals surface area contributed by atoms with Crippen LogP contribution in [0.3, 0.4) is 0 Å². The van der Waals surface area contributed by atoms with Gasteiger partial charge in [0.1, 0.15) is 11.6 Å². The van der Waals surface area contributed by atoms with Crippen molar-refractivity contribution < 1.29 is 8.78 Å². The Morgan fingerprint density at radius 2 is 2.00 bits per heavy atom. The summed E-state index contributed by atoms with van der Waals surface area (Å²) >= 11 is 0. The fourth-order valence-electron chi connectivity index (χ4n) is 2.31. The maximum atomic E-state index is 13.0. The van der Waals surface area contributed by atoms with Gasteiger partial charge in [-0.25, -0.2) is 8.78 Å². The average Bonchev–Trinajstić information content (AvgIpc) is 2.25. The summed E-state index contributed by atoms with van der Waals surface area (Å²) in [4.78, 5) is 2.27. The summed E-state index contributed by atoms with van der Waals surface area (Å²) in [5.41, 5.74) is 0.663. The van der Waals surface area contributed by atoms with Gasteiger partial charge in [-0.15, -0.1) is 0 Å². The Bertz CT molecular complexity index is 361. The molecule has 2 nitrogen and oxygen atoms in total. The summed E-state index contributed by atoms with van der Waals surface area (Å²) in [5, 5.41) is 3.35. The van der Waals surface area contributed by atoms with Crippen LogP contribution in [-0.2, 0) is 6.54 Å². The molecular formula is C13H18F2N2. The van der Waals surface area contributed by atoms with E-state index in [-0.39, 0.29) is 0 Å². The van der Waals surface area contributed by atoms with Gasteiger partial charge in [-0.2, -0.15) is 0 Å². The van der Waals surface area contributed by atoms with Gasteiger partial charge in [0.05, 0.1) is 0 Å². The highest BCUT2D eigenvalue weighted by atomic mass is 19.1. The van der Waals surface area contributed by atoms with Gasteiger partial charge in [0, 0.05) is 25.2 Å². The number of piperidine rings is 1. The Morgan fingerprint density at radius 3 is 2.65 bits per heavy atom. The number of halogens is 2. The fraction of sp³-hybridized carbons (Fsp3) is 0.538. The molecule has 0 spiro atoms. The van der Waals surface area contributed by atoms with Crippen LogP contribution in [0.5, 0.6) is 0 Å². The zero-order chi connectivity index (χ0) is 12.3. The number of nitrogens with zero attached hydrogens (tertiary/aromatic N) is 1. The molecule has 0 aromatic heterocycles. The van der Waals surface area contributed by atoms with Crippen molar-refractivity contribution in [3.05, 3.63) is 35.4 Å². The first-order valence-corrected chi connectivity index (χ1v) is 6.00. The molecule has 1 aliphatic rings. The van der Waals surface area contributed by atoms with Crippen molar-refractivity contribution in [3.8, 4) is 0 Å². The highest BCUT2D eigenvalue weighted by molar-refractivity contribution is 5.17. The first-order chi connectivity index (χ1) is 8.13.